The van der Waals surface area contributed by atoms with Crippen molar-refractivity contribution in [3.8, 4) is 0 Å². The maximum atomic E-state index is 12.8. The number of carbonyl (C=O) groups excluding carboxylic acids is 1. The zero-order chi connectivity index (χ0) is 16.6. The highest BCUT2D eigenvalue weighted by atomic mass is 16.4. The lowest BCUT2D eigenvalue weighted by Crippen LogP contribution is -2.43. The number of hydrogen-bond acceptors (Lipinski definition) is 4. The third-order valence-corrected chi connectivity index (χ3v) is 4.11. The molecule has 1 amide bonds. The summed E-state index contributed by atoms with van der Waals surface area (Å²) in [6, 6.07) is 6.38. The lowest BCUT2D eigenvalue weighted by Gasteiger charge is -2.34. The van der Waals surface area contributed by atoms with E-state index in [9.17, 15) is 14.7 Å². The summed E-state index contributed by atoms with van der Waals surface area (Å²) < 4.78 is 0. The largest absolute Gasteiger partial charge is 0.479 e. The molecule has 1 aliphatic rings. The van der Waals surface area contributed by atoms with Gasteiger partial charge in [0.2, 0.25) is 0 Å². The highest BCUT2D eigenvalue weighted by molar-refractivity contribution is 5.97. The maximum Gasteiger partial charge on any atom is 0.331 e. The van der Waals surface area contributed by atoms with Crippen LogP contribution in [0.3, 0.4) is 0 Å². The van der Waals surface area contributed by atoms with E-state index in [1.54, 1.807) is 26.0 Å². The molecule has 118 valence electrons. The topological polar surface area (TPSA) is 83.4 Å². The Morgan fingerprint density at radius 1 is 1.26 bits per heavy atom. The Labute approximate surface area is 133 Å². The summed E-state index contributed by atoms with van der Waals surface area (Å²) in [4.78, 5) is 34.3. The first kappa shape index (κ1) is 15.1. The van der Waals surface area contributed by atoms with Gasteiger partial charge in [-0.25, -0.2) is 14.8 Å². The Morgan fingerprint density at radius 2 is 2.00 bits per heavy atom. The van der Waals surface area contributed by atoms with Gasteiger partial charge in [-0.3, -0.25) is 4.79 Å². The van der Waals surface area contributed by atoms with E-state index in [-0.39, 0.29) is 5.91 Å². The summed E-state index contributed by atoms with van der Waals surface area (Å²) in [6.07, 6.45) is 2.11. The van der Waals surface area contributed by atoms with E-state index in [1.807, 2.05) is 12.1 Å². The molecule has 0 saturated carbocycles. The van der Waals surface area contributed by atoms with Crippen LogP contribution < -0.4 is 0 Å². The van der Waals surface area contributed by atoms with Gasteiger partial charge >= 0.3 is 5.97 Å². The molecule has 0 radical (unpaired) electrons. The number of amides is 1. The molecule has 0 unspecified atom stereocenters. The molecular weight excluding hydrogens is 294 g/mol. The van der Waals surface area contributed by atoms with E-state index in [0.717, 1.165) is 5.56 Å². The van der Waals surface area contributed by atoms with Crippen LogP contribution in [0.15, 0.2) is 30.5 Å². The molecule has 2 heterocycles. The van der Waals surface area contributed by atoms with Crippen molar-refractivity contribution in [3.05, 3.63) is 58.7 Å². The Kier molecular flexibility index (Phi) is 3.82. The molecule has 0 fully saturated rings. The number of aromatic nitrogens is 2. The lowest BCUT2D eigenvalue weighted by atomic mass is 9.92. The van der Waals surface area contributed by atoms with E-state index in [2.05, 4.69) is 9.97 Å². The van der Waals surface area contributed by atoms with Crippen LogP contribution in [0.25, 0.3) is 0 Å². The van der Waals surface area contributed by atoms with Crippen LogP contribution >= 0.6 is 0 Å². The monoisotopic (exact) mass is 311 g/mol. The number of aliphatic carboxylic acids is 1. The van der Waals surface area contributed by atoms with Crippen molar-refractivity contribution in [2.45, 2.75) is 26.3 Å². The number of carbonyl (C=O) groups is 2. The molecule has 2 aromatic rings. The number of aryl methyl sites for hydroxylation is 2. The zero-order valence-corrected chi connectivity index (χ0v) is 13.0. The van der Waals surface area contributed by atoms with E-state index in [4.69, 9.17) is 0 Å². The fourth-order valence-corrected chi connectivity index (χ4v) is 3.00. The second-order valence-corrected chi connectivity index (χ2v) is 5.60. The first-order chi connectivity index (χ1) is 11.0. The Morgan fingerprint density at radius 3 is 2.70 bits per heavy atom. The molecule has 6 heteroatoms. The molecule has 1 aromatic heterocycles. The number of carboxylic acids is 1. The third-order valence-electron chi connectivity index (χ3n) is 4.11. The van der Waals surface area contributed by atoms with Gasteiger partial charge < -0.3 is 10.0 Å². The van der Waals surface area contributed by atoms with Crippen LogP contribution in [0, 0.1) is 13.8 Å². The van der Waals surface area contributed by atoms with Crippen molar-refractivity contribution in [2.24, 2.45) is 0 Å². The van der Waals surface area contributed by atoms with Crippen LogP contribution in [0.2, 0.25) is 0 Å². The average molecular weight is 311 g/mol. The van der Waals surface area contributed by atoms with E-state index in [1.165, 1.54) is 11.1 Å². The van der Waals surface area contributed by atoms with Gasteiger partial charge in [0.1, 0.15) is 5.82 Å². The van der Waals surface area contributed by atoms with E-state index >= 15 is 0 Å². The molecule has 1 N–H and O–H groups in total. The molecule has 3 rings (SSSR count). The summed E-state index contributed by atoms with van der Waals surface area (Å²) in [5.74, 6) is -0.793. The minimum Gasteiger partial charge on any atom is -0.479 e. The van der Waals surface area contributed by atoms with Gasteiger partial charge in [0.05, 0.1) is 11.3 Å². The van der Waals surface area contributed by atoms with Crippen LogP contribution in [0.5, 0.6) is 0 Å². The van der Waals surface area contributed by atoms with Gasteiger partial charge in [-0.15, -0.1) is 0 Å². The third kappa shape index (κ3) is 2.67. The molecule has 0 bridgehead atoms. The van der Waals surface area contributed by atoms with Crippen molar-refractivity contribution in [1.29, 1.82) is 0 Å². The molecule has 0 aliphatic carbocycles. The van der Waals surface area contributed by atoms with Gasteiger partial charge in [0, 0.05) is 12.7 Å². The maximum absolute atomic E-state index is 12.8. The number of rotatable bonds is 2. The number of nitrogens with zero attached hydrogens (tertiary/aromatic N) is 3. The van der Waals surface area contributed by atoms with Gasteiger partial charge in [0.25, 0.3) is 5.91 Å². The van der Waals surface area contributed by atoms with Crippen molar-refractivity contribution in [3.63, 3.8) is 0 Å². The summed E-state index contributed by atoms with van der Waals surface area (Å²) in [6.45, 7) is 3.84. The molecule has 23 heavy (non-hydrogen) atoms. The smallest absolute Gasteiger partial charge is 0.331 e. The molecule has 1 aromatic carbocycles. The molecule has 0 spiro atoms. The predicted molar refractivity (Wildman–Crippen MR) is 83.1 cm³/mol. The molecule has 1 aliphatic heterocycles. The normalized spacial score (nSPS) is 16.8. The predicted octanol–water partition coefficient (Wildman–Crippen LogP) is 1.92. The van der Waals surface area contributed by atoms with Crippen LogP contribution in [0.1, 0.15) is 39.0 Å². The molecule has 0 saturated heterocycles. The standard InChI is InChI=1S/C17H17N3O3/c1-10-14(9-18-11(2)19-10)16(21)20-8-7-12-5-3-4-6-13(12)15(20)17(22)23/h3-6,9,15H,7-8H2,1-2H3,(H,22,23)/t15-/m0/s1. The first-order valence-electron chi connectivity index (χ1n) is 7.41. The van der Waals surface area contributed by atoms with Crippen LogP contribution in [-0.2, 0) is 11.2 Å². The molecular formula is C17H17N3O3. The summed E-state index contributed by atoms with van der Waals surface area (Å²) in [5, 5.41) is 9.64. The number of benzene rings is 1. The second-order valence-electron chi connectivity index (χ2n) is 5.60. The van der Waals surface area contributed by atoms with Crippen molar-refractivity contribution < 1.29 is 14.7 Å². The average Bonchev–Trinajstić information content (AvgIpc) is 2.53. The van der Waals surface area contributed by atoms with Crippen molar-refractivity contribution in [1.82, 2.24) is 14.9 Å². The highest BCUT2D eigenvalue weighted by Crippen LogP contribution is 2.31. The SMILES string of the molecule is Cc1ncc(C(=O)N2CCc3ccccc3[C@H]2C(=O)O)c(C)n1. The number of fused-ring (bicyclic) bond motifs is 1. The number of carboxylic acid groups (broad SMARTS) is 1. The van der Waals surface area contributed by atoms with Crippen LogP contribution in [0.4, 0.5) is 0 Å². The summed E-state index contributed by atoms with van der Waals surface area (Å²) in [7, 11) is 0. The Balaban J connectivity index is 2.02. The van der Waals surface area contributed by atoms with Crippen molar-refractivity contribution >= 4 is 11.9 Å². The van der Waals surface area contributed by atoms with Gasteiger partial charge in [-0.2, -0.15) is 0 Å². The van der Waals surface area contributed by atoms with E-state index in [0.29, 0.717) is 35.6 Å². The summed E-state index contributed by atoms with van der Waals surface area (Å²) >= 11 is 0. The van der Waals surface area contributed by atoms with Gasteiger partial charge in [-0.1, -0.05) is 24.3 Å². The minimum absolute atomic E-state index is 0.343. The fraction of sp³-hybridized carbons (Fsp3) is 0.294. The quantitative estimate of drug-likeness (QED) is 0.916. The zero-order valence-electron chi connectivity index (χ0n) is 13.0. The van der Waals surface area contributed by atoms with Gasteiger partial charge in [-0.05, 0) is 31.4 Å². The van der Waals surface area contributed by atoms with Crippen LogP contribution in [-0.4, -0.2) is 38.4 Å². The van der Waals surface area contributed by atoms with E-state index < -0.39 is 12.0 Å². The Hall–Kier alpha value is -2.76. The van der Waals surface area contributed by atoms with Gasteiger partial charge in [0.15, 0.2) is 6.04 Å². The lowest BCUT2D eigenvalue weighted by molar-refractivity contribution is -0.143. The second kappa shape index (κ2) is 5.79. The summed E-state index contributed by atoms with van der Waals surface area (Å²) in [5.41, 5.74) is 2.55. The highest BCUT2D eigenvalue weighted by Gasteiger charge is 2.36. The first-order valence-corrected chi connectivity index (χ1v) is 7.41. The Bertz CT molecular complexity index is 788. The molecule has 1 atom stereocenters. The van der Waals surface area contributed by atoms with Crippen molar-refractivity contribution in [2.75, 3.05) is 6.54 Å². The minimum atomic E-state index is -1.03. The number of hydrogen-bond donors (Lipinski definition) is 1. The fourth-order valence-electron chi connectivity index (χ4n) is 3.00. The molecule has 6 nitrogen and oxygen atoms in total.